The first-order valence-electron chi connectivity index (χ1n) is 11.7. The van der Waals surface area contributed by atoms with E-state index in [1.807, 2.05) is 0 Å². The van der Waals surface area contributed by atoms with Crippen LogP contribution in [0.15, 0.2) is 39.8 Å². The van der Waals surface area contributed by atoms with Crippen molar-refractivity contribution in [1.29, 1.82) is 0 Å². The van der Waals surface area contributed by atoms with Crippen LogP contribution in [-0.2, 0) is 16.6 Å². The number of amides is 1. The van der Waals surface area contributed by atoms with Crippen LogP contribution in [0.1, 0.15) is 66.3 Å². The summed E-state index contributed by atoms with van der Waals surface area (Å²) in [5.74, 6) is 0.919. The van der Waals surface area contributed by atoms with Crippen molar-refractivity contribution >= 4 is 15.9 Å². The molecule has 3 N–H and O–H groups in total. The largest absolute Gasteiger partial charge is 0.395 e. The summed E-state index contributed by atoms with van der Waals surface area (Å²) >= 11 is 0. The lowest BCUT2D eigenvalue weighted by Crippen LogP contribution is -2.52. The monoisotopic (exact) mass is 474 g/mol. The summed E-state index contributed by atoms with van der Waals surface area (Å²) in [5, 5.41) is 18.9. The molecule has 3 heterocycles. The summed E-state index contributed by atoms with van der Waals surface area (Å²) in [4.78, 5) is 12.9. The summed E-state index contributed by atoms with van der Waals surface area (Å²) in [7, 11) is -3.61. The third-order valence-electron chi connectivity index (χ3n) is 6.86. The van der Waals surface area contributed by atoms with Crippen molar-refractivity contribution in [3.8, 4) is 0 Å². The lowest BCUT2D eigenvalue weighted by atomic mass is 9.99. The number of aliphatic hydroxyl groups excluding tert-OH is 1. The third kappa shape index (κ3) is 4.70. The summed E-state index contributed by atoms with van der Waals surface area (Å²) in [6.07, 6.45) is 4.95. The number of carbonyl (C=O) groups is 1. The van der Waals surface area contributed by atoms with E-state index in [1.165, 1.54) is 0 Å². The predicted octanol–water partition coefficient (Wildman–Crippen LogP) is 1.75. The van der Waals surface area contributed by atoms with Gasteiger partial charge in [0, 0.05) is 43.2 Å². The van der Waals surface area contributed by atoms with E-state index < -0.39 is 10.0 Å². The molecular formula is C23H30N4O5S. The molecule has 1 saturated carbocycles. The maximum absolute atomic E-state index is 13.4. The van der Waals surface area contributed by atoms with Crippen LogP contribution in [0.3, 0.4) is 0 Å². The molecule has 10 heteroatoms. The van der Waals surface area contributed by atoms with E-state index in [0.29, 0.717) is 42.4 Å². The van der Waals surface area contributed by atoms with Crippen LogP contribution in [0.5, 0.6) is 0 Å². The smallest absolute Gasteiger partial charge is 0.273 e. The van der Waals surface area contributed by atoms with Crippen molar-refractivity contribution in [3.63, 3.8) is 0 Å². The first-order chi connectivity index (χ1) is 16.0. The molecule has 178 valence electrons. The van der Waals surface area contributed by atoms with Gasteiger partial charge in [0.05, 0.1) is 11.5 Å². The first kappa shape index (κ1) is 22.5. The maximum atomic E-state index is 13.4. The van der Waals surface area contributed by atoms with Gasteiger partial charge in [0.15, 0.2) is 5.69 Å². The van der Waals surface area contributed by atoms with Gasteiger partial charge in [0.2, 0.25) is 10.0 Å². The van der Waals surface area contributed by atoms with E-state index in [4.69, 9.17) is 9.63 Å². The molecule has 3 atom stereocenters. The average molecular weight is 475 g/mol. The Morgan fingerprint density at radius 1 is 1.12 bits per heavy atom. The van der Waals surface area contributed by atoms with Gasteiger partial charge in [0.25, 0.3) is 5.91 Å². The Morgan fingerprint density at radius 2 is 1.82 bits per heavy atom. The Labute approximate surface area is 193 Å². The number of benzene rings is 1. The number of hydrogen-bond acceptors (Lipinski definition) is 7. The fourth-order valence-corrected chi connectivity index (χ4v) is 6.96. The maximum Gasteiger partial charge on any atom is 0.273 e. The molecule has 3 aliphatic rings. The molecule has 2 aliphatic heterocycles. The van der Waals surface area contributed by atoms with Crippen molar-refractivity contribution in [3.05, 3.63) is 47.3 Å². The Balaban J connectivity index is 1.22. The Kier molecular flexibility index (Phi) is 6.26. The zero-order chi connectivity index (χ0) is 23.0. The van der Waals surface area contributed by atoms with E-state index in [0.717, 1.165) is 37.0 Å². The van der Waals surface area contributed by atoms with Crippen LogP contribution in [0, 0.1) is 0 Å². The van der Waals surface area contributed by atoms with Gasteiger partial charge in [-0.2, -0.15) is 4.31 Å². The van der Waals surface area contributed by atoms with Crippen LogP contribution in [0.4, 0.5) is 0 Å². The number of nitrogens with zero attached hydrogens (tertiary/aromatic N) is 2. The minimum absolute atomic E-state index is 0.0613. The van der Waals surface area contributed by atoms with Crippen molar-refractivity contribution < 1.29 is 22.8 Å². The predicted molar refractivity (Wildman–Crippen MR) is 120 cm³/mol. The van der Waals surface area contributed by atoms with Crippen LogP contribution in [-0.4, -0.2) is 60.2 Å². The van der Waals surface area contributed by atoms with Crippen molar-refractivity contribution in [2.24, 2.45) is 0 Å². The standard InChI is InChI=1S/C23H30N4O5S/c28-10-9-24-14-15-1-7-20(8-2-15)33(30,31)27-18-5-6-19(27)12-17(11-18)25-23(29)21-13-22(32-26-21)16-3-4-16/h1-2,7-8,13,16-19,24,28H,3-6,9-12,14H2,(H,25,29)/t17-,18+,19-. The quantitative estimate of drug-likeness (QED) is 0.473. The molecular weight excluding hydrogens is 444 g/mol. The van der Waals surface area contributed by atoms with E-state index in [2.05, 4.69) is 15.8 Å². The second kappa shape index (κ2) is 9.17. The number of fused-ring (bicyclic) bond motifs is 2. The minimum atomic E-state index is -3.61. The highest BCUT2D eigenvalue weighted by Crippen LogP contribution is 2.41. The van der Waals surface area contributed by atoms with E-state index >= 15 is 0 Å². The molecule has 2 saturated heterocycles. The van der Waals surface area contributed by atoms with E-state index in [9.17, 15) is 13.2 Å². The highest BCUT2D eigenvalue weighted by Gasteiger charge is 2.47. The second-order valence-electron chi connectivity index (χ2n) is 9.29. The molecule has 1 amide bonds. The summed E-state index contributed by atoms with van der Waals surface area (Å²) in [5.41, 5.74) is 1.26. The van der Waals surface area contributed by atoms with Crippen molar-refractivity contribution in [2.75, 3.05) is 13.2 Å². The number of hydrogen-bond donors (Lipinski definition) is 3. The highest BCUT2D eigenvalue weighted by molar-refractivity contribution is 7.89. The molecule has 3 fully saturated rings. The number of aliphatic hydroxyl groups is 1. The molecule has 9 nitrogen and oxygen atoms in total. The molecule has 0 radical (unpaired) electrons. The van der Waals surface area contributed by atoms with E-state index in [-0.39, 0.29) is 30.6 Å². The van der Waals surface area contributed by atoms with E-state index in [1.54, 1.807) is 34.6 Å². The summed E-state index contributed by atoms with van der Waals surface area (Å²) < 4.78 is 33.8. The Bertz CT molecular complexity index is 1080. The first-order valence-corrected chi connectivity index (χ1v) is 13.1. The normalized spacial score (nSPS) is 25.3. The van der Waals surface area contributed by atoms with Gasteiger partial charge >= 0.3 is 0 Å². The van der Waals surface area contributed by atoms with Crippen LogP contribution < -0.4 is 10.6 Å². The fraction of sp³-hybridized carbons (Fsp3) is 0.565. The highest BCUT2D eigenvalue weighted by atomic mass is 32.2. The Hall–Kier alpha value is -2.27. The van der Waals surface area contributed by atoms with Gasteiger partial charge < -0.3 is 20.3 Å². The lowest BCUT2D eigenvalue weighted by molar-refractivity contribution is 0.0900. The topological polar surface area (TPSA) is 125 Å². The van der Waals surface area contributed by atoms with Crippen LogP contribution >= 0.6 is 0 Å². The summed E-state index contributed by atoms with van der Waals surface area (Å²) in [6, 6.07) is 8.32. The number of rotatable bonds is 9. The molecule has 2 bridgehead atoms. The Morgan fingerprint density at radius 3 is 2.45 bits per heavy atom. The molecule has 33 heavy (non-hydrogen) atoms. The average Bonchev–Trinajstić information content (AvgIpc) is 3.46. The third-order valence-corrected chi connectivity index (χ3v) is 8.88. The lowest BCUT2D eigenvalue weighted by Gasteiger charge is -2.38. The van der Waals surface area contributed by atoms with Gasteiger partial charge in [-0.15, -0.1) is 0 Å². The number of piperidine rings is 1. The van der Waals surface area contributed by atoms with Crippen LogP contribution in [0.2, 0.25) is 0 Å². The number of aromatic nitrogens is 1. The zero-order valence-corrected chi connectivity index (χ0v) is 19.3. The summed E-state index contributed by atoms with van der Waals surface area (Å²) in [6.45, 7) is 1.13. The van der Waals surface area contributed by atoms with Gasteiger partial charge in [0.1, 0.15) is 5.76 Å². The second-order valence-corrected chi connectivity index (χ2v) is 11.1. The zero-order valence-electron chi connectivity index (χ0n) is 18.4. The van der Waals surface area contributed by atoms with Gasteiger partial charge in [-0.25, -0.2) is 8.42 Å². The number of sulfonamides is 1. The molecule has 0 unspecified atom stereocenters. The number of nitrogens with one attached hydrogen (secondary N) is 2. The number of carbonyl (C=O) groups excluding carboxylic acids is 1. The van der Waals surface area contributed by atoms with Gasteiger partial charge in [-0.1, -0.05) is 17.3 Å². The molecule has 0 spiro atoms. The minimum Gasteiger partial charge on any atom is -0.395 e. The van der Waals surface area contributed by atoms with Gasteiger partial charge in [-0.05, 0) is 56.2 Å². The molecule has 1 aromatic carbocycles. The van der Waals surface area contributed by atoms with Crippen molar-refractivity contribution in [2.45, 2.75) is 74.0 Å². The molecule has 1 aromatic heterocycles. The van der Waals surface area contributed by atoms with Crippen molar-refractivity contribution in [1.82, 2.24) is 20.1 Å². The molecule has 1 aliphatic carbocycles. The fourth-order valence-electron chi connectivity index (χ4n) is 5.07. The molecule has 5 rings (SSSR count). The van der Waals surface area contributed by atoms with Crippen LogP contribution in [0.25, 0.3) is 0 Å². The molecule has 2 aromatic rings. The SMILES string of the molecule is O=C(N[C@H]1C[C@H]2CC[C@@H](C1)N2S(=O)(=O)c1ccc(CNCCO)cc1)c1cc(C2CC2)on1. The van der Waals surface area contributed by atoms with Gasteiger partial charge in [-0.3, -0.25) is 4.79 Å².